The fraction of sp³-hybridized carbons (Fsp3) is 0.462. The molecule has 3 nitrogen and oxygen atoms in total. The van der Waals surface area contributed by atoms with Gasteiger partial charge in [-0.25, -0.2) is 0 Å². The first-order chi connectivity index (χ1) is 8.15. The van der Waals surface area contributed by atoms with E-state index in [2.05, 4.69) is 5.32 Å². The van der Waals surface area contributed by atoms with E-state index in [1.165, 1.54) is 5.56 Å². The molecule has 2 N–H and O–H groups in total. The minimum Gasteiger partial charge on any atom is -0.481 e. The van der Waals surface area contributed by atoms with Crippen molar-refractivity contribution >= 4 is 30.0 Å². The molecule has 0 aromatic heterocycles. The van der Waals surface area contributed by atoms with Crippen LogP contribution in [-0.2, 0) is 11.2 Å². The minimum absolute atomic E-state index is 0. The average molecular weight is 290 g/mol. The number of aliphatic carboxylic acids is 1. The molecule has 1 unspecified atom stereocenters. The van der Waals surface area contributed by atoms with Gasteiger partial charge in [0.15, 0.2) is 0 Å². The number of hydrogen-bond acceptors (Lipinski definition) is 2. The molecule has 2 rings (SSSR count). The van der Waals surface area contributed by atoms with Crippen LogP contribution in [0.3, 0.4) is 0 Å². The molecule has 1 aliphatic heterocycles. The van der Waals surface area contributed by atoms with E-state index in [9.17, 15) is 4.79 Å². The molecular formula is C13H17Cl2NO2. The zero-order valence-corrected chi connectivity index (χ0v) is 11.5. The molecule has 100 valence electrons. The first-order valence-corrected chi connectivity index (χ1v) is 6.23. The summed E-state index contributed by atoms with van der Waals surface area (Å²) in [6, 6.07) is 8.20. The highest BCUT2D eigenvalue weighted by atomic mass is 35.5. The van der Waals surface area contributed by atoms with E-state index in [0.29, 0.717) is 12.6 Å². The Hall–Kier alpha value is -0.770. The van der Waals surface area contributed by atoms with Crippen molar-refractivity contribution in [1.29, 1.82) is 0 Å². The molecule has 1 heterocycles. The number of rotatable bonds is 3. The van der Waals surface area contributed by atoms with Gasteiger partial charge in [0.1, 0.15) is 0 Å². The Morgan fingerprint density at radius 3 is 2.50 bits per heavy atom. The number of carboxylic acids is 1. The molecule has 0 radical (unpaired) electrons. The van der Waals surface area contributed by atoms with Crippen molar-refractivity contribution in [3.8, 4) is 0 Å². The van der Waals surface area contributed by atoms with Gasteiger partial charge < -0.3 is 10.4 Å². The first-order valence-electron chi connectivity index (χ1n) is 5.86. The highest BCUT2D eigenvalue weighted by Gasteiger charge is 2.25. The largest absolute Gasteiger partial charge is 0.481 e. The summed E-state index contributed by atoms with van der Waals surface area (Å²) >= 11 is 5.83. The van der Waals surface area contributed by atoms with Crippen LogP contribution >= 0.6 is 24.0 Å². The lowest BCUT2D eigenvalue weighted by atomic mass is 9.91. The SMILES string of the molecule is Cl.O=C(O)C1CC[C@H](Cc2ccc(Cl)cc2)NC1. The molecule has 5 heteroatoms. The Bertz CT molecular complexity index is 386. The van der Waals surface area contributed by atoms with E-state index < -0.39 is 5.97 Å². The molecule has 1 aromatic rings. The van der Waals surface area contributed by atoms with Crippen LogP contribution in [0, 0.1) is 5.92 Å². The molecule has 2 atom stereocenters. The maximum Gasteiger partial charge on any atom is 0.307 e. The quantitative estimate of drug-likeness (QED) is 0.900. The van der Waals surface area contributed by atoms with Crippen molar-refractivity contribution in [3.05, 3.63) is 34.9 Å². The second-order valence-corrected chi connectivity index (χ2v) is 4.98. The van der Waals surface area contributed by atoms with E-state index in [4.69, 9.17) is 16.7 Å². The standard InChI is InChI=1S/C13H16ClNO2.ClH/c14-11-4-1-9(2-5-11)7-12-6-3-10(8-15-12)13(16)17;/h1-2,4-5,10,12,15H,3,6-8H2,(H,16,17);1H/t10?,12-;/m1./s1. The zero-order chi connectivity index (χ0) is 12.3. The van der Waals surface area contributed by atoms with Gasteiger partial charge in [-0.1, -0.05) is 23.7 Å². The molecule has 0 amide bonds. The molecule has 18 heavy (non-hydrogen) atoms. The van der Waals surface area contributed by atoms with Gasteiger partial charge in [-0.3, -0.25) is 4.79 Å². The van der Waals surface area contributed by atoms with Crippen molar-refractivity contribution in [1.82, 2.24) is 5.32 Å². The molecule has 1 saturated heterocycles. The number of hydrogen-bond donors (Lipinski definition) is 2. The summed E-state index contributed by atoms with van der Waals surface area (Å²) < 4.78 is 0. The Labute approximate surface area is 118 Å². The molecular weight excluding hydrogens is 273 g/mol. The number of benzene rings is 1. The Morgan fingerprint density at radius 2 is 2.00 bits per heavy atom. The molecule has 0 aliphatic carbocycles. The maximum atomic E-state index is 10.8. The van der Waals surface area contributed by atoms with Crippen LogP contribution in [0.5, 0.6) is 0 Å². The second-order valence-electron chi connectivity index (χ2n) is 4.55. The second kappa shape index (κ2) is 6.98. The fourth-order valence-electron chi connectivity index (χ4n) is 2.21. The van der Waals surface area contributed by atoms with Gasteiger partial charge in [0.05, 0.1) is 5.92 Å². The summed E-state index contributed by atoms with van der Waals surface area (Å²) in [6.45, 7) is 0.577. The lowest BCUT2D eigenvalue weighted by molar-refractivity contribution is -0.142. The van der Waals surface area contributed by atoms with Crippen molar-refractivity contribution in [2.75, 3.05) is 6.54 Å². The van der Waals surface area contributed by atoms with Gasteiger partial charge in [0.2, 0.25) is 0 Å². The number of carbonyl (C=O) groups is 1. The number of carboxylic acid groups (broad SMARTS) is 1. The topological polar surface area (TPSA) is 49.3 Å². The molecule has 1 aromatic carbocycles. The van der Waals surface area contributed by atoms with E-state index >= 15 is 0 Å². The highest BCUT2D eigenvalue weighted by molar-refractivity contribution is 6.30. The fourth-order valence-corrected chi connectivity index (χ4v) is 2.33. The molecule has 0 saturated carbocycles. The maximum absolute atomic E-state index is 10.8. The number of halogens is 2. The van der Waals surface area contributed by atoms with E-state index in [0.717, 1.165) is 24.3 Å². The van der Waals surface area contributed by atoms with Gasteiger partial charge in [-0.2, -0.15) is 0 Å². The van der Waals surface area contributed by atoms with Gasteiger partial charge in [-0.15, -0.1) is 12.4 Å². The van der Waals surface area contributed by atoms with Crippen molar-refractivity contribution in [2.45, 2.75) is 25.3 Å². The van der Waals surface area contributed by atoms with Gasteiger partial charge in [0, 0.05) is 17.6 Å². The zero-order valence-electron chi connectivity index (χ0n) is 9.93. The van der Waals surface area contributed by atoms with Crippen molar-refractivity contribution in [3.63, 3.8) is 0 Å². The van der Waals surface area contributed by atoms with E-state index in [1.807, 2.05) is 24.3 Å². The van der Waals surface area contributed by atoms with Crippen LogP contribution < -0.4 is 5.32 Å². The normalized spacial score (nSPS) is 23.2. The summed E-state index contributed by atoms with van der Waals surface area (Å²) in [5.74, 6) is -0.918. The Balaban J connectivity index is 0.00000162. The third kappa shape index (κ3) is 4.16. The van der Waals surface area contributed by atoms with Crippen LogP contribution in [0.4, 0.5) is 0 Å². The number of nitrogens with one attached hydrogen (secondary N) is 1. The third-order valence-corrected chi connectivity index (χ3v) is 3.51. The minimum atomic E-state index is -0.692. The van der Waals surface area contributed by atoms with E-state index in [-0.39, 0.29) is 18.3 Å². The van der Waals surface area contributed by atoms with Gasteiger partial charge in [0.25, 0.3) is 0 Å². The molecule has 0 spiro atoms. The first kappa shape index (κ1) is 15.3. The summed E-state index contributed by atoms with van der Waals surface area (Å²) in [7, 11) is 0. The average Bonchev–Trinajstić information content (AvgIpc) is 2.33. The Morgan fingerprint density at radius 1 is 1.33 bits per heavy atom. The molecule has 1 fully saturated rings. The predicted octanol–water partition coefficient (Wildman–Crippen LogP) is 2.76. The van der Waals surface area contributed by atoms with Crippen molar-refractivity contribution in [2.24, 2.45) is 5.92 Å². The van der Waals surface area contributed by atoms with Crippen LogP contribution in [-0.4, -0.2) is 23.7 Å². The predicted molar refractivity (Wildman–Crippen MR) is 74.6 cm³/mol. The smallest absolute Gasteiger partial charge is 0.307 e. The lowest BCUT2D eigenvalue weighted by Gasteiger charge is -2.27. The Kier molecular flexibility index (Phi) is 5.93. The summed E-state index contributed by atoms with van der Waals surface area (Å²) in [6.07, 6.45) is 2.61. The van der Waals surface area contributed by atoms with Crippen LogP contribution in [0.1, 0.15) is 18.4 Å². The van der Waals surface area contributed by atoms with Crippen LogP contribution in [0.2, 0.25) is 5.02 Å². The molecule has 0 bridgehead atoms. The van der Waals surface area contributed by atoms with E-state index in [1.54, 1.807) is 0 Å². The van der Waals surface area contributed by atoms with Gasteiger partial charge >= 0.3 is 5.97 Å². The highest BCUT2D eigenvalue weighted by Crippen LogP contribution is 2.18. The summed E-state index contributed by atoms with van der Waals surface area (Å²) in [5, 5.41) is 12.9. The third-order valence-electron chi connectivity index (χ3n) is 3.26. The van der Waals surface area contributed by atoms with Crippen LogP contribution in [0.25, 0.3) is 0 Å². The molecule has 1 aliphatic rings. The monoisotopic (exact) mass is 289 g/mol. The lowest BCUT2D eigenvalue weighted by Crippen LogP contribution is -2.42. The summed E-state index contributed by atoms with van der Waals surface area (Å²) in [5.41, 5.74) is 1.24. The number of piperidine rings is 1. The van der Waals surface area contributed by atoms with Crippen molar-refractivity contribution < 1.29 is 9.90 Å². The van der Waals surface area contributed by atoms with Crippen LogP contribution in [0.15, 0.2) is 24.3 Å². The summed E-state index contributed by atoms with van der Waals surface area (Å²) in [4.78, 5) is 10.8. The van der Waals surface area contributed by atoms with Gasteiger partial charge in [-0.05, 0) is 37.0 Å².